The molecule has 1 N–H and O–H groups in total. The van der Waals surface area contributed by atoms with E-state index in [2.05, 4.69) is 76.1 Å². The van der Waals surface area contributed by atoms with Gasteiger partial charge in [-0.1, -0.05) is 54.0 Å². The molecule has 1 fully saturated rings. The molecule has 3 heteroatoms. The van der Waals surface area contributed by atoms with Crippen LogP contribution in [0.3, 0.4) is 0 Å². The summed E-state index contributed by atoms with van der Waals surface area (Å²) in [5.74, 6) is 0.474. The first-order chi connectivity index (χ1) is 12.6. The lowest BCUT2D eigenvalue weighted by Gasteiger charge is -2.36. The Morgan fingerprint density at radius 2 is 1.48 bits per heavy atom. The number of thiophene rings is 1. The molecule has 1 atom stereocenters. The number of phenols is 1. The minimum atomic E-state index is -0.0952. The third-order valence-corrected chi connectivity index (χ3v) is 6.56. The van der Waals surface area contributed by atoms with E-state index in [1.165, 1.54) is 29.7 Å². The van der Waals surface area contributed by atoms with Crippen LogP contribution in [0, 0.1) is 0 Å². The number of rotatable bonds is 3. The Kier molecular flexibility index (Phi) is 5.74. The highest BCUT2D eigenvalue weighted by Crippen LogP contribution is 2.43. The summed E-state index contributed by atoms with van der Waals surface area (Å²) in [5, 5.41) is 13.3. The zero-order valence-electron chi connectivity index (χ0n) is 17.8. The van der Waals surface area contributed by atoms with Crippen molar-refractivity contribution in [3.63, 3.8) is 0 Å². The number of hydrogen-bond donors (Lipinski definition) is 1. The van der Waals surface area contributed by atoms with E-state index in [9.17, 15) is 5.11 Å². The molecule has 27 heavy (non-hydrogen) atoms. The second-order valence-corrected chi connectivity index (χ2v) is 11.0. The zero-order chi connectivity index (χ0) is 19.8. The van der Waals surface area contributed by atoms with E-state index in [4.69, 9.17) is 0 Å². The van der Waals surface area contributed by atoms with E-state index in [0.29, 0.717) is 5.75 Å². The van der Waals surface area contributed by atoms with Gasteiger partial charge < -0.3 is 5.11 Å². The monoisotopic (exact) mass is 385 g/mol. The molecule has 0 amide bonds. The van der Waals surface area contributed by atoms with Crippen LogP contribution < -0.4 is 0 Å². The molecule has 1 aromatic carbocycles. The molecular weight excluding hydrogens is 350 g/mol. The van der Waals surface area contributed by atoms with Crippen molar-refractivity contribution in [1.82, 2.24) is 4.90 Å². The fraction of sp³-hybridized carbons (Fsp3) is 0.583. The van der Waals surface area contributed by atoms with E-state index in [1.807, 2.05) is 11.3 Å². The van der Waals surface area contributed by atoms with Crippen LogP contribution in [0.1, 0.15) is 88.4 Å². The Labute approximate surface area is 169 Å². The maximum atomic E-state index is 11.1. The van der Waals surface area contributed by atoms with E-state index < -0.39 is 0 Å². The fourth-order valence-corrected chi connectivity index (χ4v) is 5.02. The predicted molar refractivity (Wildman–Crippen MR) is 117 cm³/mol. The van der Waals surface area contributed by atoms with E-state index >= 15 is 0 Å². The average molecular weight is 386 g/mol. The average Bonchev–Trinajstić information content (AvgIpc) is 3.09. The van der Waals surface area contributed by atoms with Crippen molar-refractivity contribution in [2.24, 2.45) is 0 Å². The topological polar surface area (TPSA) is 23.5 Å². The number of aromatic hydroxyl groups is 1. The van der Waals surface area contributed by atoms with Crippen molar-refractivity contribution in [2.45, 2.75) is 77.7 Å². The van der Waals surface area contributed by atoms with Crippen molar-refractivity contribution >= 4 is 11.3 Å². The summed E-state index contributed by atoms with van der Waals surface area (Å²) in [4.78, 5) is 4.04. The summed E-state index contributed by atoms with van der Waals surface area (Å²) >= 11 is 1.85. The molecular formula is C24H35NOS. The van der Waals surface area contributed by atoms with Crippen molar-refractivity contribution in [3.8, 4) is 5.75 Å². The molecule has 0 unspecified atom stereocenters. The van der Waals surface area contributed by atoms with Crippen LogP contribution in [0.5, 0.6) is 5.75 Å². The third kappa shape index (κ3) is 4.41. The molecule has 0 radical (unpaired) electrons. The molecule has 1 aliphatic rings. The largest absolute Gasteiger partial charge is 0.507 e. The van der Waals surface area contributed by atoms with E-state index in [-0.39, 0.29) is 16.9 Å². The fourth-order valence-electron chi connectivity index (χ4n) is 4.14. The van der Waals surface area contributed by atoms with Gasteiger partial charge in [0.2, 0.25) is 0 Å². The van der Waals surface area contributed by atoms with Crippen LogP contribution in [0.4, 0.5) is 0 Å². The zero-order valence-corrected chi connectivity index (χ0v) is 18.6. The van der Waals surface area contributed by atoms with Gasteiger partial charge in [0.05, 0.1) is 6.04 Å². The van der Waals surface area contributed by atoms with Crippen LogP contribution in [-0.4, -0.2) is 23.1 Å². The minimum Gasteiger partial charge on any atom is -0.507 e. The quantitative estimate of drug-likeness (QED) is 0.641. The first kappa shape index (κ1) is 20.4. The SMILES string of the molecule is CC(C)(C)c1cc([C@@H](c2cccs2)N2CCCCC2)cc(C(C)(C)C)c1O. The van der Waals surface area contributed by atoms with Crippen LogP contribution in [0.25, 0.3) is 0 Å². The molecule has 0 saturated carbocycles. The summed E-state index contributed by atoms with van der Waals surface area (Å²) < 4.78 is 0. The molecule has 0 bridgehead atoms. The molecule has 148 valence electrons. The maximum absolute atomic E-state index is 11.1. The summed E-state index contributed by atoms with van der Waals surface area (Å²) in [6.07, 6.45) is 3.89. The summed E-state index contributed by atoms with van der Waals surface area (Å²) in [6, 6.07) is 9.25. The molecule has 2 nitrogen and oxygen atoms in total. The minimum absolute atomic E-state index is 0.0952. The standard InChI is InChI=1S/C24H35NOS/c1-23(2,3)18-15-17(16-19(22(18)26)24(4,5)6)21(20-11-10-14-27-20)25-12-8-7-9-13-25/h10-11,14-16,21,26H,7-9,12-13H2,1-6H3/t21-/m0/s1. The number of nitrogens with zero attached hydrogens (tertiary/aromatic N) is 1. The van der Waals surface area contributed by atoms with Crippen LogP contribution in [0.15, 0.2) is 29.6 Å². The molecule has 1 aliphatic heterocycles. The molecule has 2 heterocycles. The third-order valence-electron chi connectivity index (χ3n) is 5.63. The molecule has 1 aromatic heterocycles. The van der Waals surface area contributed by atoms with Gasteiger partial charge in [-0.2, -0.15) is 0 Å². The summed E-state index contributed by atoms with van der Waals surface area (Å²) in [6.45, 7) is 15.5. The van der Waals surface area contributed by atoms with Gasteiger partial charge in [-0.3, -0.25) is 4.90 Å². The normalized spacial score (nSPS) is 17.9. The molecule has 0 aliphatic carbocycles. The molecule has 0 spiro atoms. The van der Waals surface area contributed by atoms with Crippen molar-refractivity contribution in [1.29, 1.82) is 0 Å². The second kappa shape index (κ2) is 7.60. The number of piperidine rings is 1. The first-order valence-corrected chi connectivity index (χ1v) is 11.1. The van der Waals surface area contributed by atoms with Crippen LogP contribution >= 0.6 is 11.3 Å². The Bertz CT molecular complexity index is 724. The lowest BCUT2D eigenvalue weighted by atomic mass is 9.77. The Morgan fingerprint density at radius 1 is 0.926 bits per heavy atom. The lowest BCUT2D eigenvalue weighted by molar-refractivity contribution is 0.189. The maximum Gasteiger partial charge on any atom is 0.123 e. The van der Waals surface area contributed by atoms with Crippen molar-refractivity contribution in [3.05, 3.63) is 51.2 Å². The van der Waals surface area contributed by atoms with Gasteiger partial charge in [-0.15, -0.1) is 11.3 Å². The van der Waals surface area contributed by atoms with Gasteiger partial charge in [0.25, 0.3) is 0 Å². The van der Waals surface area contributed by atoms with E-state index in [0.717, 1.165) is 24.2 Å². The Morgan fingerprint density at radius 3 is 1.93 bits per heavy atom. The predicted octanol–water partition coefficient (Wildman–Crippen LogP) is 6.62. The summed E-state index contributed by atoms with van der Waals surface area (Å²) in [5.41, 5.74) is 3.25. The van der Waals surface area contributed by atoms with Crippen LogP contribution in [-0.2, 0) is 10.8 Å². The van der Waals surface area contributed by atoms with Gasteiger partial charge in [0, 0.05) is 4.88 Å². The summed E-state index contributed by atoms with van der Waals surface area (Å²) in [7, 11) is 0. The number of hydrogen-bond acceptors (Lipinski definition) is 3. The van der Waals surface area contributed by atoms with Crippen molar-refractivity contribution in [2.75, 3.05) is 13.1 Å². The number of phenolic OH excluding ortho intramolecular Hbond substituents is 1. The first-order valence-electron chi connectivity index (χ1n) is 10.2. The highest BCUT2D eigenvalue weighted by Gasteiger charge is 2.31. The van der Waals surface area contributed by atoms with Crippen molar-refractivity contribution < 1.29 is 5.11 Å². The van der Waals surface area contributed by atoms with E-state index in [1.54, 1.807) is 0 Å². The second-order valence-electron chi connectivity index (χ2n) is 9.98. The highest BCUT2D eigenvalue weighted by molar-refractivity contribution is 7.10. The van der Waals surface area contributed by atoms with Gasteiger partial charge in [0.15, 0.2) is 0 Å². The lowest BCUT2D eigenvalue weighted by Crippen LogP contribution is -2.34. The Hall–Kier alpha value is -1.32. The van der Waals surface area contributed by atoms with Gasteiger partial charge >= 0.3 is 0 Å². The van der Waals surface area contributed by atoms with Gasteiger partial charge in [-0.05, 0) is 77.0 Å². The number of benzene rings is 1. The molecule has 3 rings (SSSR count). The van der Waals surface area contributed by atoms with Crippen LogP contribution in [0.2, 0.25) is 0 Å². The smallest absolute Gasteiger partial charge is 0.123 e. The number of likely N-dealkylation sites (tertiary alicyclic amines) is 1. The molecule has 2 aromatic rings. The van der Waals surface area contributed by atoms with Gasteiger partial charge in [0.1, 0.15) is 5.75 Å². The van der Waals surface area contributed by atoms with Gasteiger partial charge in [-0.25, -0.2) is 0 Å². The Balaban J connectivity index is 2.19. The highest BCUT2D eigenvalue weighted by atomic mass is 32.1. The molecule has 1 saturated heterocycles.